The average molecular weight is 290 g/mol. The van der Waals surface area contributed by atoms with Gasteiger partial charge >= 0.3 is 0 Å². The summed E-state index contributed by atoms with van der Waals surface area (Å²) in [5.74, 6) is 1.57. The topological polar surface area (TPSA) is 35.1 Å². The number of hydrogen-bond acceptors (Lipinski definition) is 3. The quantitative estimate of drug-likeness (QED) is 0.599. The lowest BCUT2D eigenvalue weighted by atomic mass is 10.2. The van der Waals surface area contributed by atoms with Gasteiger partial charge in [-0.1, -0.05) is 12.6 Å². The Morgan fingerprint density at radius 1 is 1.30 bits per heavy atom. The Labute approximate surface area is 123 Å². The molecule has 0 saturated heterocycles. The maximum atomic E-state index is 5.81. The molecule has 106 valence electrons. The maximum Gasteiger partial charge on any atom is 0.161 e. The highest BCUT2D eigenvalue weighted by Gasteiger charge is 2.07. The predicted octanol–water partition coefficient (Wildman–Crippen LogP) is 2.59. The third-order valence-electron chi connectivity index (χ3n) is 2.89. The number of hydrogen-bond donors (Lipinski definition) is 1. The molecule has 1 heterocycles. The highest BCUT2D eigenvalue weighted by molar-refractivity contribution is 7.09. The standard InChI is InChI=1S/C16H19NO2S/c1-3-8-17-11-13-6-7-15(16(10-13)18-2)19-12-14-5-4-9-20-14/h3-7,9-10,17H,1,8,11-12H2,2H3/p+1. The average Bonchev–Trinajstić information content (AvgIpc) is 2.99. The third kappa shape index (κ3) is 4.11. The van der Waals surface area contributed by atoms with Crippen molar-refractivity contribution in [2.45, 2.75) is 13.2 Å². The first-order valence-electron chi connectivity index (χ1n) is 6.58. The van der Waals surface area contributed by atoms with Crippen LogP contribution in [0, 0.1) is 0 Å². The van der Waals surface area contributed by atoms with E-state index in [4.69, 9.17) is 9.47 Å². The van der Waals surface area contributed by atoms with E-state index < -0.39 is 0 Å². The molecule has 0 aliphatic rings. The summed E-state index contributed by atoms with van der Waals surface area (Å²) >= 11 is 1.69. The van der Waals surface area contributed by atoms with Crippen molar-refractivity contribution >= 4 is 11.3 Å². The van der Waals surface area contributed by atoms with Crippen LogP contribution in [-0.4, -0.2) is 13.7 Å². The summed E-state index contributed by atoms with van der Waals surface area (Å²) in [6, 6.07) is 10.2. The lowest BCUT2D eigenvalue weighted by molar-refractivity contribution is -0.662. The van der Waals surface area contributed by atoms with Crippen LogP contribution < -0.4 is 14.8 Å². The molecule has 2 rings (SSSR count). The SMILES string of the molecule is C=CC[NH2+]Cc1ccc(OCc2cccs2)c(OC)c1. The van der Waals surface area contributed by atoms with Crippen LogP contribution in [-0.2, 0) is 13.2 Å². The van der Waals surface area contributed by atoms with Crippen LogP contribution in [0.25, 0.3) is 0 Å². The summed E-state index contributed by atoms with van der Waals surface area (Å²) in [5, 5.41) is 4.24. The van der Waals surface area contributed by atoms with Crippen molar-refractivity contribution in [3.05, 3.63) is 58.8 Å². The van der Waals surface area contributed by atoms with E-state index in [0.717, 1.165) is 24.6 Å². The Kier molecular flexibility index (Phi) is 5.65. The second-order valence-electron chi connectivity index (χ2n) is 4.37. The number of nitrogens with two attached hydrogens (primary N) is 1. The first kappa shape index (κ1) is 14.6. The molecule has 0 aliphatic carbocycles. The molecule has 0 atom stereocenters. The van der Waals surface area contributed by atoms with Crippen LogP contribution in [0.5, 0.6) is 11.5 Å². The molecule has 2 N–H and O–H groups in total. The molecule has 1 aromatic heterocycles. The zero-order chi connectivity index (χ0) is 14.2. The van der Waals surface area contributed by atoms with Crippen molar-refractivity contribution < 1.29 is 14.8 Å². The van der Waals surface area contributed by atoms with Crippen LogP contribution in [0.3, 0.4) is 0 Å². The van der Waals surface area contributed by atoms with Crippen LogP contribution in [0.1, 0.15) is 10.4 Å². The normalized spacial score (nSPS) is 10.2. The monoisotopic (exact) mass is 290 g/mol. The van der Waals surface area contributed by atoms with Crippen LogP contribution in [0.4, 0.5) is 0 Å². The second-order valence-corrected chi connectivity index (χ2v) is 5.40. The summed E-state index contributed by atoms with van der Waals surface area (Å²) in [6.45, 7) is 6.12. The van der Waals surface area contributed by atoms with Gasteiger partial charge in [-0.2, -0.15) is 0 Å². The zero-order valence-electron chi connectivity index (χ0n) is 11.7. The van der Waals surface area contributed by atoms with Crippen LogP contribution in [0.2, 0.25) is 0 Å². The summed E-state index contributed by atoms with van der Waals surface area (Å²) in [4.78, 5) is 1.20. The number of rotatable bonds is 8. The first-order chi connectivity index (χ1) is 9.83. The lowest BCUT2D eigenvalue weighted by Crippen LogP contribution is -2.82. The van der Waals surface area contributed by atoms with E-state index in [2.05, 4.69) is 29.4 Å². The fraction of sp³-hybridized carbons (Fsp3) is 0.250. The van der Waals surface area contributed by atoms with Crippen molar-refractivity contribution in [3.63, 3.8) is 0 Å². The van der Waals surface area contributed by atoms with Gasteiger partial charge in [-0.25, -0.2) is 0 Å². The van der Waals surface area contributed by atoms with E-state index in [0.29, 0.717) is 6.61 Å². The molecule has 3 nitrogen and oxygen atoms in total. The molecule has 0 bridgehead atoms. The molecule has 2 aromatic rings. The largest absolute Gasteiger partial charge is 0.493 e. The minimum atomic E-state index is 0.579. The fourth-order valence-corrected chi connectivity index (χ4v) is 2.49. The predicted molar refractivity (Wildman–Crippen MR) is 82.3 cm³/mol. The molecule has 0 unspecified atom stereocenters. The van der Waals surface area contributed by atoms with Crippen molar-refractivity contribution in [2.24, 2.45) is 0 Å². The van der Waals surface area contributed by atoms with E-state index in [-0.39, 0.29) is 0 Å². The third-order valence-corrected chi connectivity index (χ3v) is 3.74. The molecule has 4 heteroatoms. The molecule has 0 saturated carbocycles. The zero-order valence-corrected chi connectivity index (χ0v) is 12.5. The van der Waals surface area contributed by atoms with Gasteiger partial charge in [0.25, 0.3) is 0 Å². The molecule has 20 heavy (non-hydrogen) atoms. The van der Waals surface area contributed by atoms with Gasteiger partial charge in [0.1, 0.15) is 13.2 Å². The summed E-state index contributed by atoms with van der Waals surface area (Å²) in [7, 11) is 1.67. The molecule has 0 spiro atoms. The fourth-order valence-electron chi connectivity index (χ4n) is 1.87. The Balaban J connectivity index is 1.99. The van der Waals surface area contributed by atoms with Crippen molar-refractivity contribution in [2.75, 3.05) is 13.7 Å². The first-order valence-corrected chi connectivity index (χ1v) is 7.46. The smallest absolute Gasteiger partial charge is 0.161 e. The van der Waals surface area contributed by atoms with Crippen molar-refractivity contribution in [1.29, 1.82) is 0 Å². The van der Waals surface area contributed by atoms with Crippen molar-refractivity contribution in [3.8, 4) is 11.5 Å². The molecular weight excluding hydrogens is 270 g/mol. The summed E-state index contributed by atoms with van der Waals surface area (Å²) in [6.07, 6.45) is 1.90. The Morgan fingerprint density at radius 2 is 2.20 bits per heavy atom. The van der Waals surface area contributed by atoms with Gasteiger partial charge in [0.15, 0.2) is 11.5 Å². The molecule has 0 amide bonds. The van der Waals surface area contributed by atoms with Gasteiger partial charge in [-0.05, 0) is 35.7 Å². The van der Waals surface area contributed by atoms with E-state index in [9.17, 15) is 0 Å². The Bertz CT molecular complexity index is 537. The highest BCUT2D eigenvalue weighted by atomic mass is 32.1. The highest BCUT2D eigenvalue weighted by Crippen LogP contribution is 2.29. The van der Waals surface area contributed by atoms with Gasteiger partial charge in [0, 0.05) is 10.4 Å². The molecule has 0 radical (unpaired) electrons. The molecule has 1 aromatic carbocycles. The van der Waals surface area contributed by atoms with Gasteiger partial charge < -0.3 is 14.8 Å². The van der Waals surface area contributed by atoms with Gasteiger partial charge in [-0.15, -0.1) is 11.3 Å². The van der Waals surface area contributed by atoms with Gasteiger partial charge in [0.2, 0.25) is 0 Å². The van der Waals surface area contributed by atoms with Crippen molar-refractivity contribution in [1.82, 2.24) is 0 Å². The second kappa shape index (κ2) is 7.72. The minimum absolute atomic E-state index is 0.579. The number of quaternary nitrogens is 1. The maximum absolute atomic E-state index is 5.81. The molecule has 0 aliphatic heterocycles. The number of benzene rings is 1. The lowest BCUT2D eigenvalue weighted by Gasteiger charge is -2.11. The van der Waals surface area contributed by atoms with Gasteiger partial charge in [-0.3, -0.25) is 0 Å². The van der Waals surface area contributed by atoms with E-state index in [1.54, 1.807) is 18.4 Å². The Hall–Kier alpha value is -1.78. The van der Waals surface area contributed by atoms with Gasteiger partial charge in [0.05, 0.1) is 13.7 Å². The van der Waals surface area contributed by atoms with Crippen LogP contribution >= 0.6 is 11.3 Å². The number of methoxy groups -OCH3 is 1. The minimum Gasteiger partial charge on any atom is -0.493 e. The Morgan fingerprint density at radius 3 is 2.90 bits per heavy atom. The van der Waals surface area contributed by atoms with Crippen LogP contribution in [0.15, 0.2) is 48.4 Å². The van der Waals surface area contributed by atoms with E-state index >= 15 is 0 Å². The molecular formula is C16H20NO2S+. The summed E-state index contributed by atoms with van der Waals surface area (Å²) in [5.41, 5.74) is 1.21. The van der Waals surface area contributed by atoms with E-state index in [1.165, 1.54) is 10.4 Å². The summed E-state index contributed by atoms with van der Waals surface area (Å²) < 4.78 is 11.2. The number of thiophene rings is 1. The van der Waals surface area contributed by atoms with E-state index in [1.807, 2.05) is 24.3 Å². The molecule has 0 fully saturated rings. The number of ether oxygens (including phenoxy) is 2.